The van der Waals surface area contributed by atoms with Crippen molar-refractivity contribution in [3.05, 3.63) is 11.6 Å². The average molecular weight is 280 g/mol. The molecule has 0 aliphatic heterocycles. The van der Waals surface area contributed by atoms with Crippen molar-refractivity contribution in [3.63, 3.8) is 0 Å². The summed E-state index contributed by atoms with van der Waals surface area (Å²) in [5.74, 6) is 0.925. The Morgan fingerprint density at radius 3 is 2.50 bits per heavy atom. The van der Waals surface area contributed by atoms with Crippen molar-refractivity contribution < 1.29 is 14.6 Å². The van der Waals surface area contributed by atoms with Crippen molar-refractivity contribution in [2.75, 3.05) is 6.61 Å². The van der Waals surface area contributed by atoms with Gasteiger partial charge in [-0.15, -0.1) is 0 Å². The van der Waals surface area contributed by atoms with Crippen molar-refractivity contribution in [2.24, 2.45) is 17.3 Å². The molecule has 2 rings (SSSR count). The third kappa shape index (κ3) is 2.65. The Morgan fingerprint density at radius 2 is 1.95 bits per heavy atom. The molecule has 0 radical (unpaired) electrons. The standard InChI is InChI=1S/C17H28O3/c1-12(11-20-13(2)18)6-5-9-16(3)14-7-8-15(10-14)17(16,4)19/h6,14-15,19H,5,7-11H2,1-4H3/b12-6+/t14-,15+,16+,17?/m1/s1. The van der Waals surface area contributed by atoms with E-state index in [1.807, 2.05) is 13.8 Å². The van der Waals surface area contributed by atoms with E-state index in [4.69, 9.17) is 4.74 Å². The largest absolute Gasteiger partial charge is 0.461 e. The van der Waals surface area contributed by atoms with Crippen LogP contribution in [0.25, 0.3) is 0 Å². The molecular weight excluding hydrogens is 252 g/mol. The number of aliphatic hydroxyl groups is 1. The van der Waals surface area contributed by atoms with Gasteiger partial charge in [-0.3, -0.25) is 4.79 Å². The van der Waals surface area contributed by atoms with E-state index in [0.717, 1.165) is 18.4 Å². The number of rotatable bonds is 5. The van der Waals surface area contributed by atoms with Crippen LogP contribution in [0, 0.1) is 17.3 Å². The van der Waals surface area contributed by atoms with Crippen LogP contribution in [0.4, 0.5) is 0 Å². The summed E-state index contributed by atoms with van der Waals surface area (Å²) >= 11 is 0. The lowest BCUT2D eigenvalue weighted by Crippen LogP contribution is -2.48. The first-order valence-electron chi connectivity index (χ1n) is 7.78. The molecule has 0 spiro atoms. The zero-order valence-corrected chi connectivity index (χ0v) is 13.2. The van der Waals surface area contributed by atoms with Gasteiger partial charge in [0.05, 0.1) is 5.60 Å². The molecule has 1 unspecified atom stereocenters. The van der Waals surface area contributed by atoms with E-state index in [1.165, 1.54) is 26.2 Å². The minimum absolute atomic E-state index is 0.0358. The number of fused-ring (bicyclic) bond motifs is 2. The first-order valence-corrected chi connectivity index (χ1v) is 7.78. The Balaban J connectivity index is 1.90. The maximum Gasteiger partial charge on any atom is 0.302 e. The lowest BCUT2D eigenvalue weighted by Gasteiger charge is -2.46. The molecule has 0 heterocycles. The molecule has 114 valence electrons. The van der Waals surface area contributed by atoms with Gasteiger partial charge in [0, 0.05) is 6.92 Å². The van der Waals surface area contributed by atoms with Crippen LogP contribution in [-0.4, -0.2) is 23.3 Å². The summed E-state index contributed by atoms with van der Waals surface area (Å²) in [5, 5.41) is 10.9. The quantitative estimate of drug-likeness (QED) is 0.619. The van der Waals surface area contributed by atoms with Crippen molar-refractivity contribution >= 4 is 5.97 Å². The van der Waals surface area contributed by atoms with Crippen LogP contribution < -0.4 is 0 Å². The number of hydrogen-bond donors (Lipinski definition) is 1. The fourth-order valence-corrected chi connectivity index (χ4v) is 4.30. The third-order valence-electron chi connectivity index (χ3n) is 5.94. The highest BCUT2D eigenvalue weighted by Crippen LogP contribution is 2.63. The Labute approximate surface area is 122 Å². The predicted octanol–water partition coefficient (Wildman–Crippen LogP) is 3.46. The lowest BCUT2D eigenvalue weighted by atomic mass is 9.63. The second kappa shape index (κ2) is 5.51. The van der Waals surface area contributed by atoms with E-state index in [2.05, 4.69) is 13.0 Å². The molecule has 0 aromatic heterocycles. The summed E-state index contributed by atoms with van der Waals surface area (Å²) < 4.78 is 4.99. The molecule has 1 N–H and O–H groups in total. The first-order chi connectivity index (χ1) is 9.27. The average Bonchev–Trinajstić information content (AvgIpc) is 2.91. The molecular formula is C17H28O3. The van der Waals surface area contributed by atoms with Gasteiger partial charge in [-0.25, -0.2) is 0 Å². The van der Waals surface area contributed by atoms with Crippen LogP contribution >= 0.6 is 0 Å². The molecule has 3 nitrogen and oxygen atoms in total. The normalized spacial score (nSPS) is 40.1. The van der Waals surface area contributed by atoms with Crippen LogP contribution in [0.3, 0.4) is 0 Å². The summed E-state index contributed by atoms with van der Waals surface area (Å²) in [6.07, 6.45) is 7.76. The first kappa shape index (κ1) is 15.6. The molecule has 2 fully saturated rings. The molecule has 0 aromatic rings. The fraction of sp³-hybridized carbons (Fsp3) is 0.824. The zero-order chi connectivity index (χ0) is 15.0. The monoisotopic (exact) mass is 280 g/mol. The van der Waals surface area contributed by atoms with Gasteiger partial charge in [-0.1, -0.05) is 13.0 Å². The molecule has 0 amide bonds. The van der Waals surface area contributed by atoms with Crippen molar-refractivity contribution in [3.8, 4) is 0 Å². The number of carbonyl (C=O) groups is 1. The number of esters is 1. The molecule has 2 aliphatic rings. The molecule has 2 saturated carbocycles. The number of ether oxygens (including phenoxy) is 1. The number of hydrogen-bond acceptors (Lipinski definition) is 3. The van der Waals surface area contributed by atoms with Gasteiger partial charge in [-0.2, -0.15) is 0 Å². The number of allylic oxidation sites excluding steroid dienone is 1. The van der Waals surface area contributed by atoms with Gasteiger partial charge >= 0.3 is 5.97 Å². The van der Waals surface area contributed by atoms with Crippen LogP contribution in [0.2, 0.25) is 0 Å². The van der Waals surface area contributed by atoms with Crippen molar-refractivity contribution in [2.45, 2.75) is 65.4 Å². The second-order valence-electron chi connectivity index (χ2n) is 7.14. The van der Waals surface area contributed by atoms with E-state index in [1.54, 1.807) is 0 Å². The van der Waals surface area contributed by atoms with Gasteiger partial charge in [-0.05, 0) is 68.8 Å². The Kier molecular flexibility index (Phi) is 4.29. The second-order valence-corrected chi connectivity index (χ2v) is 7.14. The van der Waals surface area contributed by atoms with E-state index >= 15 is 0 Å². The molecule has 4 atom stereocenters. The van der Waals surface area contributed by atoms with Crippen LogP contribution in [0.5, 0.6) is 0 Å². The van der Waals surface area contributed by atoms with Gasteiger partial charge < -0.3 is 9.84 Å². The van der Waals surface area contributed by atoms with Gasteiger partial charge in [0.1, 0.15) is 6.61 Å². The van der Waals surface area contributed by atoms with Gasteiger partial charge in [0.25, 0.3) is 0 Å². The molecule has 0 saturated heterocycles. The minimum Gasteiger partial charge on any atom is -0.461 e. The summed E-state index contributed by atoms with van der Waals surface area (Å²) in [4.78, 5) is 10.8. The third-order valence-corrected chi connectivity index (χ3v) is 5.94. The molecule has 2 aliphatic carbocycles. The zero-order valence-electron chi connectivity index (χ0n) is 13.2. The fourth-order valence-electron chi connectivity index (χ4n) is 4.30. The van der Waals surface area contributed by atoms with Gasteiger partial charge in [0.2, 0.25) is 0 Å². The van der Waals surface area contributed by atoms with E-state index < -0.39 is 5.60 Å². The van der Waals surface area contributed by atoms with Crippen molar-refractivity contribution in [1.29, 1.82) is 0 Å². The molecule has 0 aromatic carbocycles. The maximum absolute atomic E-state index is 10.9. The summed E-state index contributed by atoms with van der Waals surface area (Å²) in [6, 6.07) is 0. The summed E-state index contributed by atoms with van der Waals surface area (Å²) in [5.41, 5.74) is 0.605. The SMILES string of the molecule is CC(=O)OC/C(C)=C/CC[C@@]1(C)[C@@H]2CC[C@@H](C2)C1(C)O. The highest BCUT2D eigenvalue weighted by atomic mass is 16.5. The molecule has 3 heteroatoms. The number of carbonyl (C=O) groups excluding carboxylic acids is 1. The predicted molar refractivity (Wildman–Crippen MR) is 79.2 cm³/mol. The highest BCUT2D eigenvalue weighted by Gasteiger charge is 2.61. The van der Waals surface area contributed by atoms with E-state index in [0.29, 0.717) is 18.4 Å². The maximum atomic E-state index is 10.9. The van der Waals surface area contributed by atoms with Crippen LogP contribution in [0.15, 0.2) is 11.6 Å². The minimum atomic E-state index is -0.520. The van der Waals surface area contributed by atoms with Crippen molar-refractivity contribution in [1.82, 2.24) is 0 Å². The van der Waals surface area contributed by atoms with Gasteiger partial charge in [0.15, 0.2) is 0 Å². The Bertz CT molecular complexity index is 410. The smallest absolute Gasteiger partial charge is 0.302 e. The Hall–Kier alpha value is -0.830. The van der Waals surface area contributed by atoms with Crippen LogP contribution in [-0.2, 0) is 9.53 Å². The topological polar surface area (TPSA) is 46.5 Å². The summed E-state index contributed by atoms with van der Waals surface area (Å²) in [7, 11) is 0. The van der Waals surface area contributed by atoms with E-state index in [9.17, 15) is 9.90 Å². The summed E-state index contributed by atoms with van der Waals surface area (Å²) in [6.45, 7) is 8.10. The molecule has 2 bridgehead atoms. The Morgan fingerprint density at radius 1 is 1.30 bits per heavy atom. The highest BCUT2D eigenvalue weighted by molar-refractivity contribution is 5.66. The molecule has 20 heavy (non-hydrogen) atoms. The van der Waals surface area contributed by atoms with E-state index in [-0.39, 0.29) is 11.4 Å². The van der Waals surface area contributed by atoms with Crippen LogP contribution in [0.1, 0.15) is 59.8 Å². The lowest BCUT2D eigenvalue weighted by molar-refractivity contribution is -0.139.